The van der Waals surface area contributed by atoms with Crippen molar-refractivity contribution < 1.29 is 31.8 Å². The topological polar surface area (TPSA) is 95.9 Å². The van der Waals surface area contributed by atoms with Gasteiger partial charge in [0.05, 0.1) is 12.7 Å². The van der Waals surface area contributed by atoms with Crippen LogP contribution in [0.2, 0.25) is 0 Å². The number of halogens is 2. The quantitative estimate of drug-likeness (QED) is 0.724. The van der Waals surface area contributed by atoms with Gasteiger partial charge in [-0.25, -0.2) is 17.2 Å². The molecular formula is C21H24F2N2O5S. The molecule has 1 atom stereocenters. The molecule has 31 heavy (non-hydrogen) atoms. The smallest absolute Gasteiger partial charge is 0.255 e. The van der Waals surface area contributed by atoms with E-state index in [1.165, 1.54) is 35.7 Å². The van der Waals surface area contributed by atoms with E-state index in [4.69, 9.17) is 4.74 Å². The first-order valence-electron chi connectivity index (χ1n) is 9.70. The Morgan fingerprint density at radius 1 is 1.13 bits per heavy atom. The Bertz CT molecular complexity index is 1090. The molecule has 1 amide bonds. The summed E-state index contributed by atoms with van der Waals surface area (Å²) in [5, 5.41) is 12.7. The van der Waals surface area contributed by atoms with E-state index in [1.807, 2.05) is 0 Å². The molecule has 2 N–H and O–H groups in total. The summed E-state index contributed by atoms with van der Waals surface area (Å²) < 4.78 is 59.5. The summed E-state index contributed by atoms with van der Waals surface area (Å²) in [5.41, 5.74) is -0.912. The highest BCUT2D eigenvalue weighted by Gasteiger charge is 2.33. The third kappa shape index (κ3) is 5.20. The van der Waals surface area contributed by atoms with Crippen LogP contribution in [0.5, 0.6) is 5.75 Å². The average Bonchev–Trinajstić information content (AvgIpc) is 2.91. The van der Waals surface area contributed by atoms with Crippen molar-refractivity contribution in [3.05, 3.63) is 53.6 Å². The van der Waals surface area contributed by atoms with Gasteiger partial charge in [-0.2, -0.15) is 4.31 Å². The van der Waals surface area contributed by atoms with Crippen LogP contribution >= 0.6 is 0 Å². The van der Waals surface area contributed by atoms with E-state index < -0.39 is 33.2 Å². The number of hydrogen-bond acceptors (Lipinski definition) is 5. The predicted molar refractivity (Wildman–Crippen MR) is 111 cm³/mol. The van der Waals surface area contributed by atoms with E-state index in [0.29, 0.717) is 12.8 Å². The summed E-state index contributed by atoms with van der Waals surface area (Å²) in [5.74, 6) is -2.79. The van der Waals surface area contributed by atoms with Gasteiger partial charge >= 0.3 is 0 Å². The zero-order valence-corrected chi connectivity index (χ0v) is 18.0. The molecule has 1 heterocycles. The Labute approximate surface area is 179 Å². The second kappa shape index (κ2) is 8.89. The Morgan fingerprint density at radius 3 is 2.55 bits per heavy atom. The minimum atomic E-state index is -4.01. The monoisotopic (exact) mass is 454 g/mol. The molecule has 168 valence electrons. The molecule has 1 aliphatic heterocycles. The zero-order chi connectivity index (χ0) is 22.8. The van der Waals surface area contributed by atoms with Crippen LogP contribution in [0.15, 0.2) is 41.3 Å². The van der Waals surface area contributed by atoms with E-state index >= 15 is 0 Å². The Morgan fingerprint density at radius 2 is 1.87 bits per heavy atom. The van der Waals surface area contributed by atoms with Crippen molar-refractivity contribution in [2.24, 2.45) is 0 Å². The molecule has 2 aromatic rings. The van der Waals surface area contributed by atoms with Crippen LogP contribution in [-0.2, 0) is 10.0 Å². The average molecular weight is 454 g/mol. The van der Waals surface area contributed by atoms with Crippen molar-refractivity contribution in [1.29, 1.82) is 0 Å². The lowest BCUT2D eigenvalue weighted by atomic mass is 9.98. The summed E-state index contributed by atoms with van der Waals surface area (Å²) in [6.07, 6.45) is 1.25. The van der Waals surface area contributed by atoms with E-state index in [1.54, 1.807) is 6.92 Å². The Hall–Kier alpha value is -2.56. The number of nitrogens with zero attached hydrogens (tertiary/aromatic N) is 1. The van der Waals surface area contributed by atoms with Crippen LogP contribution in [0, 0.1) is 11.6 Å². The van der Waals surface area contributed by atoms with Gasteiger partial charge in [0, 0.05) is 30.4 Å². The number of amides is 1. The summed E-state index contributed by atoms with van der Waals surface area (Å²) >= 11 is 0. The number of benzene rings is 2. The first kappa shape index (κ1) is 23.1. The maximum Gasteiger partial charge on any atom is 0.255 e. The molecule has 1 fully saturated rings. The fraction of sp³-hybridized carbons (Fsp3) is 0.381. The molecule has 0 bridgehead atoms. The number of carbonyl (C=O) groups is 1. The van der Waals surface area contributed by atoms with Crippen LogP contribution in [0.4, 0.5) is 14.5 Å². The van der Waals surface area contributed by atoms with Crippen LogP contribution in [0.1, 0.15) is 36.5 Å². The van der Waals surface area contributed by atoms with Crippen LogP contribution in [0.3, 0.4) is 0 Å². The van der Waals surface area contributed by atoms with Crippen LogP contribution in [0.25, 0.3) is 0 Å². The summed E-state index contributed by atoms with van der Waals surface area (Å²) in [6, 6.07) is 6.83. The van der Waals surface area contributed by atoms with Gasteiger partial charge in [0.25, 0.3) is 5.91 Å². The number of anilines is 1. The van der Waals surface area contributed by atoms with Crippen molar-refractivity contribution in [2.45, 2.75) is 36.7 Å². The van der Waals surface area contributed by atoms with Crippen molar-refractivity contribution in [2.75, 3.05) is 25.5 Å². The number of carbonyl (C=O) groups excluding carboxylic acids is 1. The van der Waals surface area contributed by atoms with Gasteiger partial charge in [-0.05, 0) is 56.5 Å². The Balaban J connectivity index is 1.90. The fourth-order valence-electron chi connectivity index (χ4n) is 3.41. The molecule has 10 heteroatoms. The molecule has 1 saturated heterocycles. The number of sulfonamides is 1. The highest BCUT2D eigenvalue weighted by molar-refractivity contribution is 7.89. The molecule has 3 rings (SSSR count). The minimum absolute atomic E-state index is 0.00549. The van der Waals surface area contributed by atoms with E-state index in [-0.39, 0.29) is 41.4 Å². The predicted octanol–water partition coefficient (Wildman–Crippen LogP) is 3.15. The van der Waals surface area contributed by atoms with E-state index in [9.17, 15) is 27.1 Å². The molecule has 0 saturated carbocycles. The summed E-state index contributed by atoms with van der Waals surface area (Å²) in [7, 11) is -2.69. The lowest BCUT2D eigenvalue weighted by Gasteiger charge is -2.23. The molecular weight excluding hydrogens is 430 g/mol. The second-order valence-corrected chi connectivity index (χ2v) is 9.61. The number of ether oxygens (including phenoxy) is 1. The number of hydrogen-bond donors (Lipinski definition) is 2. The molecule has 1 aliphatic rings. The molecule has 0 radical (unpaired) electrons. The molecule has 2 aromatic carbocycles. The Kier molecular flexibility index (Phi) is 6.63. The maximum absolute atomic E-state index is 13.4. The second-order valence-electron chi connectivity index (χ2n) is 7.70. The van der Waals surface area contributed by atoms with Gasteiger partial charge in [0.1, 0.15) is 10.6 Å². The van der Waals surface area contributed by atoms with Gasteiger partial charge in [-0.1, -0.05) is 0 Å². The third-order valence-electron chi connectivity index (χ3n) is 5.24. The number of nitrogens with one attached hydrogen (secondary N) is 1. The van der Waals surface area contributed by atoms with Gasteiger partial charge in [0.2, 0.25) is 10.0 Å². The van der Waals surface area contributed by atoms with Gasteiger partial charge in [-0.15, -0.1) is 0 Å². The lowest BCUT2D eigenvalue weighted by molar-refractivity contribution is 0.0465. The number of aliphatic hydroxyl groups is 1. The van der Waals surface area contributed by atoms with Crippen molar-refractivity contribution >= 4 is 21.6 Å². The molecule has 0 spiro atoms. The highest BCUT2D eigenvalue weighted by atomic mass is 32.2. The molecule has 0 aromatic heterocycles. The molecule has 0 aliphatic carbocycles. The van der Waals surface area contributed by atoms with Crippen molar-refractivity contribution in [3.8, 4) is 5.75 Å². The normalized spacial score (nSPS) is 20.2. The minimum Gasteiger partial charge on any atom is -0.495 e. The van der Waals surface area contributed by atoms with Gasteiger partial charge < -0.3 is 15.2 Å². The zero-order valence-electron chi connectivity index (χ0n) is 17.2. The standard InChI is InChI=1S/C21H24F2N2O5S/c1-21(27)8-3-10-25(11-9-21)31(28,29)19-12-14(4-7-18(19)30-2)20(26)24-15-5-6-16(22)17(23)13-15/h4-7,12-13,27H,3,8-11H2,1-2H3,(H,24,26). The summed E-state index contributed by atoms with van der Waals surface area (Å²) in [4.78, 5) is 12.4. The maximum atomic E-state index is 13.4. The highest BCUT2D eigenvalue weighted by Crippen LogP contribution is 2.31. The lowest BCUT2D eigenvalue weighted by Crippen LogP contribution is -2.34. The van der Waals surface area contributed by atoms with Gasteiger partial charge in [-0.3, -0.25) is 4.79 Å². The number of rotatable bonds is 5. The van der Waals surface area contributed by atoms with Crippen molar-refractivity contribution in [1.82, 2.24) is 4.31 Å². The van der Waals surface area contributed by atoms with Crippen LogP contribution < -0.4 is 10.1 Å². The first-order chi connectivity index (χ1) is 14.5. The van der Waals surface area contributed by atoms with Crippen molar-refractivity contribution in [3.63, 3.8) is 0 Å². The third-order valence-corrected chi connectivity index (χ3v) is 7.16. The molecule has 7 nitrogen and oxygen atoms in total. The number of methoxy groups -OCH3 is 1. The SMILES string of the molecule is COc1ccc(C(=O)Nc2ccc(F)c(F)c2)cc1S(=O)(=O)N1CCCC(C)(O)CC1. The van der Waals surface area contributed by atoms with E-state index in [0.717, 1.165) is 12.1 Å². The summed E-state index contributed by atoms with van der Waals surface area (Å²) in [6.45, 7) is 2.03. The van der Waals surface area contributed by atoms with Gasteiger partial charge in [0.15, 0.2) is 11.6 Å². The fourth-order valence-corrected chi connectivity index (χ4v) is 5.08. The largest absolute Gasteiger partial charge is 0.495 e. The van der Waals surface area contributed by atoms with E-state index in [2.05, 4.69) is 5.32 Å². The molecule has 1 unspecified atom stereocenters. The first-order valence-corrected chi connectivity index (χ1v) is 11.1. The van der Waals surface area contributed by atoms with Crippen LogP contribution in [-0.4, -0.2) is 49.5 Å².